The average molecular weight is 431 g/mol. The Hall–Kier alpha value is -1.34. The van der Waals surface area contributed by atoms with Crippen LogP contribution in [-0.2, 0) is 22.7 Å². The first-order valence-corrected chi connectivity index (χ1v) is 9.67. The molecule has 1 aliphatic heterocycles. The van der Waals surface area contributed by atoms with Gasteiger partial charge < -0.3 is 16.4 Å². The van der Waals surface area contributed by atoms with E-state index in [1.165, 1.54) is 18.4 Å². The maximum atomic E-state index is 11.9. The summed E-state index contributed by atoms with van der Waals surface area (Å²) in [5.74, 6) is 0.593. The second kappa shape index (κ2) is 12.3. The van der Waals surface area contributed by atoms with E-state index in [0.717, 1.165) is 50.5 Å². The summed E-state index contributed by atoms with van der Waals surface area (Å²) in [5.41, 5.74) is 7.76. The van der Waals surface area contributed by atoms with E-state index in [1.54, 1.807) is 0 Å². The Morgan fingerprint density at radius 3 is 2.61 bits per heavy atom. The number of hydrogen-bond acceptors (Lipinski definition) is 4. The Morgan fingerprint density at radius 2 is 1.89 bits per heavy atom. The van der Waals surface area contributed by atoms with Crippen LogP contribution in [0.5, 0.6) is 0 Å². The van der Waals surface area contributed by atoms with Crippen molar-refractivity contribution in [2.24, 2.45) is 17.6 Å². The first kappa shape index (κ1) is 24.7. The summed E-state index contributed by atoms with van der Waals surface area (Å²) in [6, 6.07) is 8.28. The molecule has 2 aliphatic rings. The van der Waals surface area contributed by atoms with Gasteiger partial charge in [0.05, 0.1) is 12.5 Å². The van der Waals surface area contributed by atoms with Gasteiger partial charge in [0.2, 0.25) is 11.8 Å². The van der Waals surface area contributed by atoms with E-state index >= 15 is 0 Å². The van der Waals surface area contributed by atoms with Crippen molar-refractivity contribution in [3.8, 4) is 0 Å². The molecule has 8 heteroatoms. The van der Waals surface area contributed by atoms with Gasteiger partial charge >= 0.3 is 0 Å². The number of nitrogens with zero attached hydrogens (tertiary/aromatic N) is 1. The lowest BCUT2D eigenvalue weighted by Gasteiger charge is -2.31. The molecule has 1 heterocycles. The van der Waals surface area contributed by atoms with Gasteiger partial charge in [-0.25, -0.2) is 0 Å². The van der Waals surface area contributed by atoms with Crippen molar-refractivity contribution in [2.45, 2.75) is 38.8 Å². The number of amides is 2. The molecule has 158 valence electrons. The number of primary amides is 1. The molecular weight excluding hydrogens is 399 g/mol. The summed E-state index contributed by atoms with van der Waals surface area (Å²) in [4.78, 5) is 25.6. The SMILES string of the molecule is Cl.Cl.NC(=O)C1CCCN(Cc2cccc(CNC(=O)CNCC3CC3)c2)C1. The van der Waals surface area contributed by atoms with E-state index in [2.05, 4.69) is 27.7 Å². The fourth-order valence-electron chi connectivity index (χ4n) is 3.50. The van der Waals surface area contributed by atoms with Crippen molar-refractivity contribution in [3.05, 3.63) is 35.4 Å². The molecule has 1 aromatic carbocycles. The van der Waals surface area contributed by atoms with Crippen molar-refractivity contribution in [2.75, 3.05) is 26.2 Å². The summed E-state index contributed by atoms with van der Waals surface area (Å²) in [5, 5.41) is 6.18. The van der Waals surface area contributed by atoms with Gasteiger partial charge in [-0.15, -0.1) is 24.8 Å². The van der Waals surface area contributed by atoms with Crippen LogP contribution in [0.4, 0.5) is 0 Å². The number of piperidine rings is 1. The van der Waals surface area contributed by atoms with Gasteiger partial charge in [-0.1, -0.05) is 24.3 Å². The highest BCUT2D eigenvalue weighted by atomic mass is 35.5. The summed E-state index contributed by atoms with van der Waals surface area (Å²) >= 11 is 0. The molecule has 1 aliphatic carbocycles. The first-order chi connectivity index (χ1) is 12.6. The predicted molar refractivity (Wildman–Crippen MR) is 116 cm³/mol. The van der Waals surface area contributed by atoms with Gasteiger partial charge in [-0.2, -0.15) is 0 Å². The smallest absolute Gasteiger partial charge is 0.234 e. The molecule has 2 amide bonds. The van der Waals surface area contributed by atoms with Crippen LogP contribution in [0.3, 0.4) is 0 Å². The fourth-order valence-corrected chi connectivity index (χ4v) is 3.50. The predicted octanol–water partition coefficient (Wildman–Crippen LogP) is 1.84. The first-order valence-electron chi connectivity index (χ1n) is 9.67. The topological polar surface area (TPSA) is 87.5 Å². The number of halogens is 2. The number of likely N-dealkylation sites (tertiary alicyclic amines) is 1. The van der Waals surface area contributed by atoms with Crippen LogP contribution in [0.25, 0.3) is 0 Å². The number of nitrogens with one attached hydrogen (secondary N) is 2. The zero-order valence-electron chi connectivity index (χ0n) is 16.2. The Kier molecular flexibility index (Phi) is 10.8. The maximum Gasteiger partial charge on any atom is 0.234 e. The molecule has 6 nitrogen and oxygen atoms in total. The van der Waals surface area contributed by atoms with Crippen LogP contribution in [0.1, 0.15) is 36.8 Å². The van der Waals surface area contributed by atoms with E-state index in [0.29, 0.717) is 13.1 Å². The number of hydrogen-bond donors (Lipinski definition) is 3. The number of rotatable bonds is 9. The molecule has 1 saturated heterocycles. The third-order valence-electron chi connectivity index (χ3n) is 5.21. The molecule has 4 N–H and O–H groups in total. The Bertz CT molecular complexity index is 640. The van der Waals surface area contributed by atoms with E-state index < -0.39 is 0 Å². The summed E-state index contributed by atoms with van der Waals surface area (Å²) < 4.78 is 0. The lowest BCUT2D eigenvalue weighted by molar-refractivity contribution is -0.123. The Morgan fingerprint density at radius 1 is 1.14 bits per heavy atom. The second-order valence-electron chi connectivity index (χ2n) is 7.65. The average Bonchev–Trinajstić information content (AvgIpc) is 3.45. The quantitative estimate of drug-likeness (QED) is 0.557. The molecule has 28 heavy (non-hydrogen) atoms. The van der Waals surface area contributed by atoms with Crippen molar-refractivity contribution in [3.63, 3.8) is 0 Å². The van der Waals surface area contributed by atoms with Gasteiger partial charge in [0.1, 0.15) is 0 Å². The lowest BCUT2D eigenvalue weighted by Crippen LogP contribution is -2.40. The zero-order chi connectivity index (χ0) is 18.4. The standard InChI is InChI=1S/C20H30N4O2.2ClH/c21-20(26)18-5-2-8-24(14-18)13-17-4-1-3-16(9-17)11-23-19(25)12-22-10-15-6-7-15;;/h1,3-4,9,15,18,22H,2,5-8,10-14H2,(H2,21,26)(H,23,25);2*1H. The largest absolute Gasteiger partial charge is 0.369 e. The number of nitrogens with two attached hydrogens (primary N) is 1. The molecule has 0 radical (unpaired) electrons. The molecule has 3 rings (SSSR count). The lowest BCUT2D eigenvalue weighted by atomic mass is 9.97. The molecule has 1 saturated carbocycles. The zero-order valence-corrected chi connectivity index (χ0v) is 17.8. The van der Waals surface area contributed by atoms with Crippen LogP contribution < -0.4 is 16.4 Å². The van der Waals surface area contributed by atoms with E-state index in [-0.39, 0.29) is 42.5 Å². The minimum atomic E-state index is -0.193. The molecule has 2 fully saturated rings. The number of carbonyl (C=O) groups excluding carboxylic acids is 2. The van der Waals surface area contributed by atoms with E-state index in [4.69, 9.17) is 5.73 Å². The van der Waals surface area contributed by atoms with Gasteiger partial charge in [-0.3, -0.25) is 14.5 Å². The third kappa shape index (κ3) is 8.35. The number of benzene rings is 1. The van der Waals surface area contributed by atoms with E-state index in [1.807, 2.05) is 12.1 Å². The molecule has 0 bridgehead atoms. The highest BCUT2D eigenvalue weighted by Crippen LogP contribution is 2.27. The minimum Gasteiger partial charge on any atom is -0.369 e. The molecule has 1 atom stereocenters. The monoisotopic (exact) mass is 430 g/mol. The summed E-state index contributed by atoms with van der Waals surface area (Å²) in [7, 11) is 0. The van der Waals surface area contributed by atoms with Crippen molar-refractivity contribution < 1.29 is 9.59 Å². The Labute approximate surface area is 179 Å². The summed E-state index contributed by atoms with van der Waals surface area (Å²) in [6.45, 7) is 4.43. The fraction of sp³-hybridized carbons (Fsp3) is 0.600. The van der Waals surface area contributed by atoms with Crippen molar-refractivity contribution in [1.82, 2.24) is 15.5 Å². The summed E-state index contributed by atoms with van der Waals surface area (Å²) in [6.07, 6.45) is 4.49. The normalized spacial score (nSPS) is 19.2. The third-order valence-corrected chi connectivity index (χ3v) is 5.21. The minimum absolute atomic E-state index is 0. The van der Waals surface area contributed by atoms with Crippen LogP contribution in [0.15, 0.2) is 24.3 Å². The molecule has 0 spiro atoms. The van der Waals surface area contributed by atoms with Crippen molar-refractivity contribution >= 4 is 36.6 Å². The van der Waals surface area contributed by atoms with Gasteiger partial charge in [0.15, 0.2) is 0 Å². The highest BCUT2D eigenvalue weighted by molar-refractivity contribution is 5.85. The number of carbonyl (C=O) groups is 2. The van der Waals surface area contributed by atoms with Crippen LogP contribution in [0, 0.1) is 11.8 Å². The second-order valence-corrected chi connectivity index (χ2v) is 7.65. The maximum absolute atomic E-state index is 11.9. The molecule has 0 aromatic heterocycles. The van der Waals surface area contributed by atoms with Gasteiger partial charge in [0.25, 0.3) is 0 Å². The molecular formula is C20H32Cl2N4O2. The molecule has 1 aromatic rings. The van der Waals surface area contributed by atoms with Gasteiger partial charge in [0, 0.05) is 19.6 Å². The van der Waals surface area contributed by atoms with Crippen molar-refractivity contribution in [1.29, 1.82) is 0 Å². The van der Waals surface area contributed by atoms with Crippen LogP contribution >= 0.6 is 24.8 Å². The van der Waals surface area contributed by atoms with Crippen LogP contribution in [0.2, 0.25) is 0 Å². The molecule has 1 unspecified atom stereocenters. The highest BCUT2D eigenvalue weighted by Gasteiger charge is 2.24. The van der Waals surface area contributed by atoms with E-state index in [9.17, 15) is 9.59 Å². The van der Waals surface area contributed by atoms with Crippen LogP contribution in [-0.4, -0.2) is 42.9 Å². The Balaban J connectivity index is 0.00000196. The van der Waals surface area contributed by atoms with Gasteiger partial charge in [-0.05, 0) is 55.8 Å².